The van der Waals surface area contributed by atoms with Gasteiger partial charge in [-0.3, -0.25) is 4.98 Å². The van der Waals surface area contributed by atoms with E-state index in [2.05, 4.69) is 47.9 Å². The first-order valence-corrected chi connectivity index (χ1v) is 7.40. The van der Waals surface area contributed by atoms with Gasteiger partial charge in [0.05, 0.1) is 0 Å². The molecule has 106 valence electrons. The SMILES string of the molecule is CC(C)(Cc1ncc(Cc2ccncc2)[nH]1)C1(C)CC1. The molecule has 2 heterocycles. The van der Waals surface area contributed by atoms with Crippen LogP contribution in [-0.4, -0.2) is 15.0 Å². The van der Waals surface area contributed by atoms with E-state index < -0.39 is 0 Å². The molecule has 1 saturated carbocycles. The normalized spacial score (nSPS) is 17.1. The Morgan fingerprint density at radius 3 is 2.60 bits per heavy atom. The molecule has 3 rings (SSSR count). The second-order valence-electron chi connectivity index (χ2n) is 7.01. The highest BCUT2D eigenvalue weighted by atomic mass is 14.9. The first-order valence-electron chi connectivity index (χ1n) is 7.40. The fourth-order valence-electron chi connectivity index (χ4n) is 2.80. The van der Waals surface area contributed by atoms with Crippen molar-refractivity contribution in [1.82, 2.24) is 15.0 Å². The number of aromatic amines is 1. The summed E-state index contributed by atoms with van der Waals surface area (Å²) < 4.78 is 0. The van der Waals surface area contributed by atoms with Gasteiger partial charge in [0.25, 0.3) is 0 Å². The second-order valence-corrected chi connectivity index (χ2v) is 7.01. The zero-order valence-corrected chi connectivity index (χ0v) is 12.6. The van der Waals surface area contributed by atoms with Gasteiger partial charge in [0.2, 0.25) is 0 Å². The number of nitrogens with one attached hydrogen (secondary N) is 1. The monoisotopic (exact) mass is 269 g/mol. The van der Waals surface area contributed by atoms with Crippen LogP contribution in [0.4, 0.5) is 0 Å². The lowest BCUT2D eigenvalue weighted by atomic mass is 9.74. The Labute approximate surface area is 120 Å². The van der Waals surface area contributed by atoms with Gasteiger partial charge >= 0.3 is 0 Å². The van der Waals surface area contributed by atoms with Crippen molar-refractivity contribution in [2.24, 2.45) is 10.8 Å². The smallest absolute Gasteiger partial charge is 0.106 e. The van der Waals surface area contributed by atoms with E-state index in [1.165, 1.54) is 24.1 Å². The number of nitrogens with zero attached hydrogens (tertiary/aromatic N) is 2. The molecule has 0 unspecified atom stereocenters. The van der Waals surface area contributed by atoms with Crippen LogP contribution in [0.3, 0.4) is 0 Å². The lowest BCUT2D eigenvalue weighted by molar-refractivity contribution is 0.201. The molecular formula is C17H23N3. The number of rotatable bonds is 5. The molecule has 0 aromatic carbocycles. The summed E-state index contributed by atoms with van der Waals surface area (Å²) in [6.45, 7) is 7.13. The third kappa shape index (κ3) is 2.62. The Bertz CT molecular complexity index is 579. The molecule has 0 amide bonds. The molecule has 1 aliphatic rings. The largest absolute Gasteiger partial charge is 0.346 e. The number of imidazole rings is 1. The zero-order chi connectivity index (χ0) is 14.2. The van der Waals surface area contributed by atoms with E-state index in [4.69, 9.17) is 0 Å². The highest BCUT2D eigenvalue weighted by Crippen LogP contribution is 2.59. The molecule has 0 saturated heterocycles. The van der Waals surface area contributed by atoms with E-state index in [-0.39, 0.29) is 0 Å². The minimum absolute atomic E-state index is 0.318. The van der Waals surface area contributed by atoms with Gasteiger partial charge in [-0.1, -0.05) is 20.8 Å². The van der Waals surface area contributed by atoms with Crippen LogP contribution in [0.1, 0.15) is 50.7 Å². The minimum Gasteiger partial charge on any atom is -0.346 e. The number of aromatic nitrogens is 3. The molecule has 0 spiro atoms. The summed E-state index contributed by atoms with van der Waals surface area (Å²) in [4.78, 5) is 12.1. The van der Waals surface area contributed by atoms with Crippen molar-refractivity contribution in [1.29, 1.82) is 0 Å². The Kier molecular flexibility index (Phi) is 3.15. The first-order chi connectivity index (χ1) is 9.48. The molecule has 0 bridgehead atoms. The van der Waals surface area contributed by atoms with Crippen molar-refractivity contribution in [3.8, 4) is 0 Å². The van der Waals surface area contributed by atoms with E-state index >= 15 is 0 Å². The average Bonchev–Trinajstić information content (AvgIpc) is 3.03. The summed E-state index contributed by atoms with van der Waals surface area (Å²) in [7, 11) is 0. The molecule has 3 heteroatoms. The highest BCUT2D eigenvalue weighted by molar-refractivity contribution is 5.18. The number of pyridine rings is 1. The lowest BCUT2D eigenvalue weighted by Gasteiger charge is -2.31. The standard InChI is InChI=1S/C17H23N3/c1-16(2,17(3)6-7-17)11-15-19-12-14(20-15)10-13-4-8-18-9-5-13/h4-5,8-9,12H,6-7,10-11H2,1-3H3,(H,19,20). The van der Waals surface area contributed by atoms with Gasteiger partial charge in [-0.25, -0.2) is 4.98 Å². The summed E-state index contributed by atoms with van der Waals surface area (Å²) in [5.74, 6) is 1.12. The van der Waals surface area contributed by atoms with E-state index in [0.717, 1.165) is 18.7 Å². The Hall–Kier alpha value is -1.64. The second kappa shape index (κ2) is 4.72. The molecule has 1 fully saturated rings. The van der Waals surface area contributed by atoms with Crippen LogP contribution in [0.25, 0.3) is 0 Å². The fraction of sp³-hybridized carbons (Fsp3) is 0.529. The average molecular weight is 269 g/mol. The number of hydrogen-bond donors (Lipinski definition) is 1. The Morgan fingerprint density at radius 2 is 1.95 bits per heavy atom. The van der Waals surface area contributed by atoms with E-state index in [1.54, 1.807) is 0 Å². The van der Waals surface area contributed by atoms with Crippen molar-refractivity contribution in [2.75, 3.05) is 0 Å². The third-order valence-corrected chi connectivity index (χ3v) is 5.07. The van der Waals surface area contributed by atoms with Gasteiger partial charge in [-0.2, -0.15) is 0 Å². The molecule has 0 atom stereocenters. The molecule has 3 nitrogen and oxygen atoms in total. The molecule has 0 radical (unpaired) electrons. The maximum Gasteiger partial charge on any atom is 0.106 e. The van der Waals surface area contributed by atoms with Gasteiger partial charge in [-0.15, -0.1) is 0 Å². The van der Waals surface area contributed by atoms with Gasteiger partial charge < -0.3 is 4.98 Å². The van der Waals surface area contributed by atoms with Gasteiger partial charge in [0.15, 0.2) is 0 Å². The van der Waals surface area contributed by atoms with Gasteiger partial charge in [0, 0.05) is 37.1 Å². The van der Waals surface area contributed by atoms with Gasteiger partial charge in [0.1, 0.15) is 5.82 Å². The minimum atomic E-state index is 0.318. The van der Waals surface area contributed by atoms with Crippen LogP contribution in [-0.2, 0) is 12.8 Å². The lowest BCUT2D eigenvalue weighted by Crippen LogP contribution is -2.26. The van der Waals surface area contributed by atoms with Crippen molar-refractivity contribution < 1.29 is 0 Å². The Balaban J connectivity index is 1.68. The highest BCUT2D eigenvalue weighted by Gasteiger charge is 2.50. The molecule has 1 N–H and O–H groups in total. The molecule has 0 aliphatic heterocycles. The van der Waals surface area contributed by atoms with Gasteiger partial charge in [-0.05, 0) is 41.4 Å². The van der Waals surface area contributed by atoms with Crippen molar-refractivity contribution in [2.45, 2.75) is 46.5 Å². The van der Waals surface area contributed by atoms with Crippen molar-refractivity contribution in [3.63, 3.8) is 0 Å². The molecule has 2 aromatic rings. The van der Waals surface area contributed by atoms with Crippen LogP contribution in [0.15, 0.2) is 30.7 Å². The van der Waals surface area contributed by atoms with Crippen LogP contribution < -0.4 is 0 Å². The van der Waals surface area contributed by atoms with Crippen molar-refractivity contribution in [3.05, 3.63) is 47.8 Å². The quantitative estimate of drug-likeness (QED) is 0.897. The van der Waals surface area contributed by atoms with Crippen LogP contribution >= 0.6 is 0 Å². The third-order valence-electron chi connectivity index (χ3n) is 5.07. The topological polar surface area (TPSA) is 41.6 Å². The van der Waals surface area contributed by atoms with Crippen LogP contribution in [0.2, 0.25) is 0 Å². The number of hydrogen-bond acceptors (Lipinski definition) is 2. The molecule has 2 aromatic heterocycles. The predicted octanol–water partition coefficient (Wildman–Crippen LogP) is 3.76. The van der Waals surface area contributed by atoms with E-state index in [0.29, 0.717) is 10.8 Å². The van der Waals surface area contributed by atoms with Crippen LogP contribution in [0.5, 0.6) is 0 Å². The summed E-state index contributed by atoms with van der Waals surface area (Å²) in [6, 6.07) is 4.10. The van der Waals surface area contributed by atoms with E-state index in [1.807, 2.05) is 18.6 Å². The summed E-state index contributed by atoms with van der Waals surface area (Å²) in [5.41, 5.74) is 3.27. The Morgan fingerprint density at radius 1 is 1.25 bits per heavy atom. The number of H-pyrrole nitrogens is 1. The molecule has 20 heavy (non-hydrogen) atoms. The van der Waals surface area contributed by atoms with Crippen molar-refractivity contribution >= 4 is 0 Å². The summed E-state index contributed by atoms with van der Waals surface area (Å²) in [6.07, 6.45) is 10.3. The zero-order valence-electron chi connectivity index (χ0n) is 12.6. The fourth-order valence-corrected chi connectivity index (χ4v) is 2.80. The first kappa shape index (κ1) is 13.3. The van der Waals surface area contributed by atoms with Crippen LogP contribution in [0, 0.1) is 10.8 Å². The van der Waals surface area contributed by atoms with E-state index in [9.17, 15) is 0 Å². The maximum atomic E-state index is 4.57. The maximum absolute atomic E-state index is 4.57. The predicted molar refractivity (Wildman–Crippen MR) is 80.5 cm³/mol. The molecular weight excluding hydrogens is 246 g/mol. The molecule has 1 aliphatic carbocycles. The summed E-state index contributed by atoms with van der Waals surface area (Å²) in [5, 5.41) is 0. The summed E-state index contributed by atoms with van der Waals surface area (Å²) >= 11 is 0.